The molecule has 85 heavy (non-hydrogen) atoms. The van der Waals surface area contributed by atoms with E-state index in [1.54, 1.807) is 0 Å². The average molecular weight is 1200 g/mol. The molecule has 2 unspecified atom stereocenters. The molecule has 0 aliphatic carbocycles. The Bertz CT molecular complexity index is 1400. The number of likely N-dealkylation sites (N-methyl/N-ethyl adjacent to an activating group) is 1. The number of quaternary nitrogens is 1. The van der Waals surface area contributed by atoms with E-state index in [1.807, 2.05) is 21.1 Å². The number of carboxylic acid groups (broad SMARTS) is 1. The summed E-state index contributed by atoms with van der Waals surface area (Å²) in [5, 5.41) is 11.8. The van der Waals surface area contributed by atoms with Crippen LogP contribution >= 0.6 is 0 Å². The average Bonchev–Trinajstić information content (AvgIpc) is 3.48. The molecule has 0 aliphatic heterocycles. The van der Waals surface area contributed by atoms with E-state index in [9.17, 15) is 19.5 Å². The van der Waals surface area contributed by atoms with Crippen molar-refractivity contribution in [2.45, 2.75) is 411 Å². The number of rotatable bonds is 72. The van der Waals surface area contributed by atoms with Crippen LogP contribution in [0.5, 0.6) is 0 Å². The van der Waals surface area contributed by atoms with Crippen LogP contribution in [0.15, 0.2) is 12.2 Å². The van der Waals surface area contributed by atoms with Crippen molar-refractivity contribution in [1.82, 2.24) is 0 Å². The lowest BCUT2D eigenvalue weighted by atomic mass is 10.0. The first-order valence-corrected chi connectivity index (χ1v) is 37.8. The minimum absolute atomic E-state index is 0.151. The molecule has 0 N–H and O–H groups in total. The van der Waals surface area contributed by atoms with Crippen molar-refractivity contribution in [1.29, 1.82) is 0 Å². The largest absolute Gasteiger partial charge is 0.545 e. The van der Waals surface area contributed by atoms with Gasteiger partial charge >= 0.3 is 11.9 Å². The summed E-state index contributed by atoms with van der Waals surface area (Å²) in [6.45, 7) is 4.83. The lowest BCUT2D eigenvalue weighted by Crippen LogP contribution is -2.44. The highest BCUT2D eigenvalue weighted by molar-refractivity contribution is 5.70. The van der Waals surface area contributed by atoms with Gasteiger partial charge in [-0.3, -0.25) is 9.59 Å². The zero-order valence-electron chi connectivity index (χ0n) is 57.8. The molecule has 0 radical (unpaired) electrons. The molecule has 0 rings (SSSR count). The fourth-order valence-electron chi connectivity index (χ4n) is 11.7. The number of carboxylic acids is 1. The van der Waals surface area contributed by atoms with Crippen LogP contribution in [0.1, 0.15) is 399 Å². The first-order chi connectivity index (χ1) is 41.6. The van der Waals surface area contributed by atoms with Crippen LogP contribution in [0.2, 0.25) is 0 Å². The summed E-state index contributed by atoms with van der Waals surface area (Å²) in [6, 6.07) is 0. The van der Waals surface area contributed by atoms with Gasteiger partial charge < -0.3 is 33.3 Å². The van der Waals surface area contributed by atoms with Gasteiger partial charge in [-0.1, -0.05) is 360 Å². The first kappa shape index (κ1) is 83.0. The van der Waals surface area contributed by atoms with Gasteiger partial charge in [-0.05, 0) is 38.5 Å². The minimum atomic E-state index is -1.62. The van der Waals surface area contributed by atoms with E-state index >= 15 is 0 Å². The van der Waals surface area contributed by atoms with Gasteiger partial charge in [-0.15, -0.1) is 0 Å². The van der Waals surface area contributed by atoms with Gasteiger partial charge in [-0.2, -0.15) is 0 Å². The number of allylic oxidation sites excluding steroid dienone is 2. The predicted octanol–water partition coefficient (Wildman–Crippen LogP) is 22.3. The molecule has 0 bridgehead atoms. The molecule has 2 atom stereocenters. The Hall–Kier alpha value is -1.97. The standard InChI is InChI=1S/C76H147NO8/c1-6-8-10-12-14-16-18-20-22-24-26-28-29-30-31-32-33-34-35-36-37-38-39-40-41-42-43-44-45-47-48-50-52-54-56-58-60-62-64-66-73(78)83-70-72(71-84-76(75(80)81)82-69-68-77(3,4)5)85-74(79)67-65-63-61-59-57-55-53-51-49-46-27-25-23-21-19-17-15-13-11-9-7-2/h25,27,72,76H,6-24,26,28-71H2,1-5H3/b27-25-. The number of carbonyl (C=O) groups is 3. The van der Waals surface area contributed by atoms with Crippen LogP contribution in [-0.2, 0) is 33.3 Å². The second-order valence-electron chi connectivity index (χ2n) is 27.3. The highest BCUT2D eigenvalue weighted by Gasteiger charge is 2.22. The molecule has 0 saturated carbocycles. The van der Waals surface area contributed by atoms with Crippen molar-refractivity contribution in [3.8, 4) is 0 Å². The third-order valence-electron chi connectivity index (χ3n) is 17.5. The number of unbranched alkanes of at least 4 members (excludes halogenated alkanes) is 55. The van der Waals surface area contributed by atoms with Crippen LogP contribution in [-0.4, -0.2) is 82.3 Å². The highest BCUT2D eigenvalue weighted by Crippen LogP contribution is 2.20. The molecule has 0 aromatic rings. The van der Waals surface area contributed by atoms with E-state index < -0.39 is 24.3 Å². The molecule has 0 heterocycles. The summed E-state index contributed by atoms with van der Waals surface area (Å²) >= 11 is 0. The number of aliphatic carboxylic acids is 1. The maximum absolute atomic E-state index is 12.9. The molecule has 0 aliphatic rings. The molecule has 9 heteroatoms. The third-order valence-corrected chi connectivity index (χ3v) is 17.5. The summed E-state index contributed by atoms with van der Waals surface area (Å²) < 4.78 is 22.8. The lowest BCUT2D eigenvalue weighted by molar-refractivity contribution is -0.870. The second kappa shape index (κ2) is 68.0. The van der Waals surface area contributed by atoms with E-state index in [1.165, 1.54) is 334 Å². The Balaban J connectivity index is 3.92. The Labute approximate surface area is 529 Å². The van der Waals surface area contributed by atoms with Crippen LogP contribution in [0.25, 0.3) is 0 Å². The molecule has 0 spiro atoms. The summed E-state index contributed by atoms with van der Waals surface area (Å²) in [5.74, 6) is -2.25. The summed E-state index contributed by atoms with van der Waals surface area (Å²) in [5.41, 5.74) is 0. The van der Waals surface area contributed by atoms with Crippen LogP contribution < -0.4 is 5.11 Å². The van der Waals surface area contributed by atoms with Gasteiger partial charge in [0, 0.05) is 12.8 Å². The quantitative estimate of drug-likeness (QED) is 0.0195. The van der Waals surface area contributed by atoms with Crippen molar-refractivity contribution in [3.05, 3.63) is 12.2 Å². The van der Waals surface area contributed by atoms with Gasteiger partial charge in [0.2, 0.25) is 0 Å². The molecule has 504 valence electrons. The number of esters is 2. The van der Waals surface area contributed by atoms with Crippen LogP contribution in [0, 0.1) is 0 Å². The number of ether oxygens (including phenoxy) is 4. The van der Waals surface area contributed by atoms with Gasteiger partial charge in [0.05, 0.1) is 40.3 Å². The predicted molar refractivity (Wildman–Crippen MR) is 362 cm³/mol. The van der Waals surface area contributed by atoms with Crippen LogP contribution in [0.3, 0.4) is 0 Å². The maximum atomic E-state index is 12.9. The number of hydrogen-bond acceptors (Lipinski definition) is 8. The fraction of sp³-hybridized carbons (Fsp3) is 0.934. The van der Waals surface area contributed by atoms with Crippen molar-refractivity contribution in [2.75, 3.05) is 47.5 Å². The van der Waals surface area contributed by atoms with Gasteiger partial charge in [-0.25, -0.2) is 0 Å². The van der Waals surface area contributed by atoms with E-state index in [0.29, 0.717) is 23.9 Å². The number of nitrogens with zero attached hydrogens (tertiary/aromatic N) is 1. The Morgan fingerprint density at radius 1 is 0.341 bits per heavy atom. The van der Waals surface area contributed by atoms with Crippen molar-refractivity contribution in [3.63, 3.8) is 0 Å². The van der Waals surface area contributed by atoms with Crippen LogP contribution in [0.4, 0.5) is 0 Å². The molecule has 0 fully saturated rings. The van der Waals surface area contributed by atoms with E-state index in [2.05, 4.69) is 26.0 Å². The van der Waals surface area contributed by atoms with Gasteiger partial charge in [0.15, 0.2) is 12.4 Å². The molecule has 0 amide bonds. The topological polar surface area (TPSA) is 111 Å². The molecule has 0 saturated heterocycles. The smallest absolute Gasteiger partial charge is 0.306 e. The SMILES string of the molecule is CCCCCCCCCC/C=C\CCCCCCCCCCCC(=O)OC(COC(=O)CCCCCCCCCCCCCCCCCCCCCCCCCCCCCCCCCCCCCCCCC)COC(OCC[N+](C)(C)C)C(=O)[O-]. The minimum Gasteiger partial charge on any atom is -0.545 e. The van der Waals surface area contributed by atoms with E-state index in [-0.39, 0.29) is 32.2 Å². The Morgan fingerprint density at radius 2 is 0.600 bits per heavy atom. The number of carbonyl (C=O) groups excluding carboxylic acids is 3. The zero-order chi connectivity index (χ0) is 61.9. The normalized spacial score (nSPS) is 12.6. The summed E-state index contributed by atoms with van der Waals surface area (Å²) in [6.07, 6.45) is 80.5. The van der Waals surface area contributed by atoms with Crippen molar-refractivity contribution < 1.29 is 42.9 Å². The molecular weight excluding hydrogens is 1050 g/mol. The van der Waals surface area contributed by atoms with E-state index in [4.69, 9.17) is 18.9 Å². The second-order valence-corrected chi connectivity index (χ2v) is 27.3. The number of hydrogen-bond donors (Lipinski definition) is 0. The van der Waals surface area contributed by atoms with E-state index in [0.717, 1.165) is 32.1 Å². The van der Waals surface area contributed by atoms with Crippen molar-refractivity contribution >= 4 is 17.9 Å². The van der Waals surface area contributed by atoms with Gasteiger partial charge in [0.1, 0.15) is 13.2 Å². The Morgan fingerprint density at radius 3 is 0.871 bits per heavy atom. The summed E-state index contributed by atoms with van der Waals surface area (Å²) in [7, 11) is 5.95. The highest BCUT2D eigenvalue weighted by atomic mass is 16.7. The molecule has 9 nitrogen and oxygen atoms in total. The molecule has 0 aromatic carbocycles. The first-order valence-electron chi connectivity index (χ1n) is 37.8. The fourth-order valence-corrected chi connectivity index (χ4v) is 11.7. The maximum Gasteiger partial charge on any atom is 0.306 e. The molecule has 0 aromatic heterocycles. The zero-order valence-corrected chi connectivity index (χ0v) is 57.8. The summed E-state index contributed by atoms with van der Waals surface area (Å²) in [4.78, 5) is 37.5. The monoisotopic (exact) mass is 1200 g/mol. The molecular formula is C76H147NO8. The van der Waals surface area contributed by atoms with Gasteiger partial charge in [0.25, 0.3) is 0 Å². The lowest BCUT2D eigenvalue weighted by Gasteiger charge is -2.26. The van der Waals surface area contributed by atoms with Crippen molar-refractivity contribution in [2.24, 2.45) is 0 Å². The Kier molecular flexibility index (Phi) is 66.4. The third kappa shape index (κ3) is 69.4.